The van der Waals surface area contributed by atoms with Crippen LogP contribution in [0.1, 0.15) is 38.7 Å². The minimum atomic E-state index is -3.32. The molecule has 1 aliphatic heterocycles. The van der Waals surface area contributed by atoms with Crippen LogP contribution in [-0.2, 0) is 20.2 Å². The van der Waals surface area contributed by atoms with Crippen molar-refractivity contribution < 1.29 is 13.2 Å². The number of morpholine rings is 1. The van der Waals surface area contributed by atoms with Crippen molar-refractivity contribution in [2.75, 3.05) is 39.0 Å². The molecule has 2 fully saturated rings. The number of hydrogen-bond donors (Lipinski definition) is 2. The van der Waals surface area contributed by atoms with E-state index in [1.807, 2.05) is 19.9 Å². The highest BCUT2D eigenvalue weighted by Gasteiger charge is 2.38. The molecule has 3 rings (SSSR count). The maximum Gasteiger partial charge on any atom is 0.216 e. The molecular formula is C21H34N4O3S. The summed E-state index contributed by atoms with van der Waals surface area (Å²) in [4.78, 5) is 4.27. The van der Waals surface area contributed by atoms with Crippen molar-refractivity contribution >= 4 is 16.0 Å². The van der Waals surface area contributed by atoms with E-state index in [-0.39, 0.29) is 23.4 Å². The smallest absolute Gasteiger partial charge is 0.216 e. The third-order valence-electron chi connectivity index (χ3n) is 5.95. The van der Waals surface area contributed by atoms with E-state index >= 15 is 0 Å². The Bertz CT molecular complexity index is 783. The van der Waals surface area contributed by atoms with Gasteiger partial charge in [0.05, 0.1) is 18.0 Å². The van der Waals surface area contributed by atoms with E-state index in [1.165, 1.54) is 12.0 Å². The van der Waals surface area contributed by atoms with Crippen molar-refractivity contribution in [3.05, 3.63) is 35.9 Å². The molecule has 2 aliphatic rings. The van der Waals surface area contributed by atoms with Crippen LogP contribution in [-0.4, -0.2) is 69.9 Å². The van der Waals surface area contributed by atoms with Crippen LogP contribution in [0.5, 0.6) is 0 Å². The van der Waals surface area contributed by atoms with E-state index in [0.717, 1.165) is 19.4 Å². The quantitative estimate of drug-likeness (QED) is 0.516. The van der Waals surface area contributed by atoms with Gasteiger partial charge in [0.1, 0.15) is 0 Å². The minimum Gasteiger partial charge on any atom is -0.373 e. The summed E-state index contributed by atoms with van der Waals surface area (Å²) in [5, 5.41) is 6.56. The van der Waals surface area contributed by atoms with Crippen molar-refractivity contribution in [3.63, 3.8) is 0 Å². The second kappa shape index (κ2) is 9.45. The predicted molar refractivity (Wildman–Crippen MR) is 117 cm³/mol. The first-order valence-corrected chi connectivity index (χ1v) is 12.1. The monoisotopic (exact) mass is 422 g/mol. The van der Waals surface area contributed by atoms with Crippen LogP contribution >= 0.6 is 0 Å². The first-order valence-electron chi connectivity index (χ1n) is 10.5. The molecule has 1 heterocycles. The summed E-state index contributed by atoms with van der Waals surface area (Å²) in [7, 11) is -1.61. The second-order valence-electron chi connectivity index (χ2n) is 8.24. The first-order chi connectivity index (χ1) is 13.8. The van der Waals surface area contributed by atoms with Gasteiger partial charge in [0.2, 0.25) is 10.0 Å². The number of rotatable bonds is 7. The molecule has 1 saturated carbocycles. The molecule has 7 nitrogen and oxygen atoms in total. The highest BCUT2D eigenvalue weighted by Crippen LogP contribution is 2.43. The fraction of sp³-hybridized carbons (Fsp3) is 0.667. The molecule has 1 aliphatic carbocycles. The fourth-order valence-electron chi connectivity index (χ4n) is 4.22. The van der Waals surface area contributed by atoms with Gasteiger partial charge in [0, 0.05) is 38.6 Å². The summed E-state index contributed by atoms with van der Waals surface area (Å²) in [6.45, 7) is 5.76. The zero-order chi connectivity index (χ0) is 20.9. The molecule has 0 radical (unpaired) electrons. The zero-order valence-corrected chi connectivity index (χ0v) is 18.5. The van der Waals surface area contributed by atoms with Crippen LogP contribution in [0, 0.1) is 0 Å². The average molecular weight is 423 g/mol. The largest absolute Gasteiger partial charge is 0.373 e. The Morgan fingerprint density at radius 1 is 1.17 bits per heavy atom. The van der Waals surface area contributed by atoms with Gasteiger partial charge in [-0.3, -0.25) is 4.99 Å². The molecule has 2 unspecified atom stereocenters. The van der Waals surface area contributed by atoms with Crippen LogP contribution in [0.3, 0.4) is 0 Å². The number of nitrogens with zero attached hydrogens (tertiary/aromatic N) is 2. The van der Waals surface area contributed by atoms with Crippen LogP contribution in [0.15, 0.2) is 35.3 Å². The second-order valence-corrected chi connectivity index (χ2v) is 10.3. The SMILES string of the molecule is CN=C(NCCS(=O)(=O)N1CC(C)OC(C)C1)NCC1(c2ccccc2)CCC1. The van der Waals surface area contributed by atoms with E-state index in [0.29, 0.717) is 25.6 Å². The Morgan fingerprint density at radius 3 is 2.38 bits per heavy atom. The van der Waals surface area contributed by atoms with E-state index in [1.54, 1.807) is 11.4 Å². The third-order valence-corrected chi connectivity index (χ3v) is 7.75. The molecule has 2 atom stereocenters. The number of ether oxygens (including phenoxy) is 1. The molecule has 1 aromatic rings. The Labute approximate surface area is 175 Å². The van der Waals surface area contributed by atoms with Crippen molar-refractivity contribution in [2.45, 2.75) is 50.7 Å². The van der Waals surface area contributed by atoms with Gasteiger partial charge in [-0.05, 0) is 32.3 Å². The molecule has 162 valence electrons. The highest BCUT2D eigenvalue weighted by molar-refractivity contribution is 7.89. The maximum absolute atomic E-state index is 12.7. The van der Waals surface area contributed by atoms with Crippen molar-refractivity contribution in [1.29, 1.82) is 0 Å². The Balaban J connectivity index is 1.49. The lowest BCUT2D eigenvalue weighted by atomic mass is 9.64. The van der Waals surface area contributed by atoms with Crippen LogP contribution < -0.4 is 10.6 Å². The lowest BCUT2D eigenvalue weighted by Gasteiger charge is -2.43. The summed E-state index contributed by atoms with van der Waals surface area (Å²) < 4.78 is 32.5. The number of aliphatic imine (C=N–C) groups is 1. The van der Waals surface area contributed by atoms with Gasteiger partial charge in [-0.15, -0.1) is 0 Å². The summed E-state index contributed by atoms with van der Waals surface area (Å²) in [5.41, 5.74) is 1.50. The molecule has 2 N–H and O–H groups in total. The van der Waals surface area contributed by atoms with Gasteiger partial charge >= 0.3 is 0 Å². The summed E-state index contributed by atoms with van der Waals surface area (Å²) >= 11 is 0. The van der Waals surface area contributed by atoms with Gasteiger partial charge in [-0.2, -0.15) is 4.31 Å². The van der Waals surface area contributed by atoms with Gasteiger partial charge in [0.15, 0.2) is 5.96 Å². The van der Waals surface area contributed by atoms with E-state index in [9.17, 15) is 8.42 Å². The number of guanidine groups is 1. The summed E-state index contributed by atoms with van der Waals surface area (Å²) in [5.74, 6) is 0.683. The molecule has 8 heteroatoms. The number of benzene rings is 1. The number of hydrogen-bond acceptors (Lipinski definition) is 4. The molecular weight excluding hydrogens is 388 g/mol. The standard InChI is InChI=1S/C21H34N4O3S/c1-17-14-25(15-18(2)28-17)29(26,27)13-12-23-20(22-3)24-16-21(10-7-11-21)19-8-5-4-6-9-19/h4-6,8-9,17-18H,7,10-16H2,1-3H3,(H2,22,23,24). The van der Waals surface area contributed by atoms with Crippen LogP contribution in [0.2, 0.25) is 0 Å². The van der Waals surface area contributed by atoms with E-state index in [4.69, 9.17) is 4.74 Å². The molecule has 0 aromatic heterocycles. The van der Waals surface area contributed by atoms with Crippen molar-refractivity contribution in [1.82, 2.24) is 14.9 Å². The highest BCUT2D eigenvalue weighted by atomic mass is 32.2. The first kappa shape index (κ1) is 22.1. The Hall–Kier alpha value is -1.64. The molecule has 29 heavy (non-hydrogen) atoms. The molecule has 0 bridgehead atoms. The minimum absolute atomic E-state index is 0.0387. The summed E-state index contributed by atoms with van der Waals surface area (Å²) in [6, 6.07) is 10.6. The predicted octanol–water partition coefficient (Wildman–Crippen LogP) is 1.71. The molecule has 0 amide bonds. The van der Waals surface area contributed by atoms with E-state index in [2.05, 4.69) is 39.9 Å². The van der Waals surface area contributed by atoms with Crippen molar-refractivity contribution in [2.24, 2.45) is 4.99 Å². The van der Waals surface area contributed by atoms with Crippen LogP contribution in [0.25, 0.3) is 0 Å². The van der Waals surface area contributed by atoms with Crippen molar-refractivity contribution in [3.8, 4) is 0 Å². The average Bonchev–Trinajstić information content (AvgIpc) is 2.65. The summed E-state index contributed by atoms with van der Waals surface area (Å²) in [6.07, 6.45) is 3.39. The Morgan fingerprint density at radius 2 is 1.83 bits per heavy atom. The molecule has 1 saturated heterocycles. The third kappa shape index (κ3) is 5.49. The van der Waals surface area contributed by atoms with E-state index < -0.39 is 10.0 Å². The maximum atomic E-state index is 12.7. The number of nitrogens with one attached hydrogen (secondary N) is 2. The lowest BCUT2D eigenvalue weighted by Crippen LogP contribution is -2.51. The number of sulfonamides is 1. The lowest BCUT2D eigenvalue weighted by molar-refractivity contribution is -0.0440. The fourth-order valence-corrected chi connectivity index (χ4v) is 5.71. The van der Waals surface area contributed by atoms with Gasteiger partial charge in [-0.25, -0.2) is 8.42 Å². The zero-order valence-electron chi connectivity index (χ0n) is 17.7. The topological polar surface area (TPSA) is 83.0 Å². The van der Waals surface area contributed by atoms with Crippen LogP contribution in [0.4, 0.5) is 0 Å². The molecule has 0 spiro atoms. The van der Waals surface area contributed by atoms with Gasteiger partial charge in [-0.1, -0.05) is 36.8 Å². The normalized spacial score (nSPS) is 25.3. The Kier molecular flexibility index (Phi) is 7.19. The van der Waals surface area contributed by atoms with Gasteiger partial charge < -0.3 is 15.4 Å². The van der Waals surface area contributed by atoms with Gasteiger partial charge in [0.25, 0.3) is 0 Å². The molecule has 1 aromatic carbocycles.